The van der Waals surface area contributed by atoms with Crippen LogP contribution in [0.5, 0.6) is 0 Å². The summed E-state index contributed by atoms with van der Waals surface area (Å²) in [6.45, 7) is 4.00. The van der Waals surface area contributed by atoms with E-state index in [9.17, 15) is 0 Å². The fourth-order valence-corrected chi connectivity index (χ4v) is 1.57. The molecule has 2 unspecified atom stereocenters. The molecule has 1 saturated carbocycles. The van der Waals surface area contributed by atoms with Crippen molar-refractivity contribution in [3.63, 3.8) is 0 Å². The van der Waals surface area contributed by atoms with Crippen molar-refractivity contribution >= 4 is 5.69 Å². The van der Waals surface area contributed by atoms with Gasteiger partial charge in [-0.1, -0.05) is 37.3 Å². The molecule has 2 aliphatic rings. The first-order valence-corrected chi connectivity index (χ1v) is 5.20. The van der Waals surface area contributed by atoms with Gasteiger partial charge < -0.3 is 0 Å². The lowest BCUT2D eigenvalue weighted by Gasteiger charge is -2.12. The fourth-order valence-electron chi connectivity index (χ4n) is 1.57. The number of hydrogen-bond donors (Lipinski definition) is 0. The monoisotopic (exact) mass is 189 g/mol. The molecule has 2 atom stereocenters. The van der Waals surface area contributed by atoms with Gasteiger partial charge in [0.25, 0.3) is 0 Å². The topological polar surface area (TPSA) is 28.0 Å². The van der Waals surface area contributed by atoms with Gasteiger partial charge in [-0.25, -0.2) is 5.01 Å². The minimum Gasteiger partial charge on any atom is -0.242 e. The smallest absolute Gasteiger partial charge is 0.0976 e. The zero-order valence-electron chi connectivity index (χ0n) is 8.59. The van der Waals surface area contributed by atoms with E-state index in [0.717, 1.165) is 5.69 Å². The molecule has 0 radical (unpaired) electrons. The average Bonchev–Trinajstić information content (AvgIpc) is 2.94. The van der Waals surface area contributed by atoms with Gasteiger partial charge in [-0.15, -0.1) is 0 Å². The molecule has 3 nitrogen and oxygen atoms in total. The molecular weight excluding hydrogens is 174 g/mol. The normalized spacial score (nSPS) is 26.6. The van der Waals surface area contributed by atoms with Crippen LogP contribution >= 0.6 is 0 Å². The number of rotatable bonds is 1. The molecule has 3 heteroatoms. The van der Waals surface area contributed by atoms with Crippen LogP contribution in [0.15, 0.2) is 40.7 Å². The Morgan fingerprint density at radius 3 is 2.43 bits per heavy atom. The van der Waals surface area contributed by atoms with E-state index in [1.165, 1.54) is 6.42 Å². The maximum absolute atomic E-state index is 4.12. The fraction of sp³-hybridized carbons (Fsp3) is 0.455. The summed E-state index contributed by atoms with van der Waals surface area (Å²) in [5.41, 5.74) is 1.16. The molecule has 1 aliphatic heterocycles. The molecule has 0 bridgehead atoms. The highest BCUT2D eigenvalue weighted by Crippen LogP contribution is 2.40. The zero-order valence-corrected chi connectivity index (χ0v) is 8.59. The van der Waals surface area contributed by atoms with Crippen LogP contribution in [-0.2, 0) is 0 Å². The summed E-state index contributed by atoms with van der Waals surface area (Å²) in [5.74, 6) is 0. The first kappa shape index (κ1) is 9.19. The Morgan fingerprint density at radius 2 is 1.93 bits per heavy atom. The molecule has 0 saturated heterocycles. The number of benzene rings is 1. The van der Waals surface area contributed by atoms with Gasteiger partial charge in [-0.2, -0.15) is 5.11 Å². The van der Waals surface area contributed by atoms with Crippen molar-refractivity contribution in [1.29, 1.82) is 0 Å². The highest BCUT2D eigenvalue weighted by atomic mass is 15.6. The van der Waals surface area contributed by atoms with Gasteiger partial charge in [-0.05, 0) is 18.6 Å². The van der Waals surface area contributed by atoms with Crippen molar-refractivity contribution in [3.8, 4) is 0 Å². The van der Waals surface area contributed by atoms with Crippen LogP contribution in [0.1, 0.15) is 20.3 Å². The molecule has 14 heavy (non-hydrogen) atoms. The van der Waals surface area contributed by atoms with E-state index in [1.54, 1.807) is 0 Å². The van der Waals surface area contributed by atoms with Crippen LogP contribution in [-0.4, -0.2) is 12.1 Å². The third-order valence-corrected chi connectivity index (χ3v) is 2.36. The molecule has 1 fully saturated rings. The maximum Gasteiger partial charge on any atom is 0.0976 e. The lowest BCUT2D eigenvalue weighted by molar-refractivity contribution is 0.852. The van der Waals surface area contributed by atoms with Crippen molar-refractivity contribution in [2.75, 3.05) is 5.01 Å². The Kier molecular flexibility index (Phi) is 2.48. The number of hydrogen-bond acceptors (Lipinski definition) is 3. The van der Waals surface area contributed by atoms with Crippen molar-refractivity contribution < 1.29 is 0 Å². The average molecular weight is 189 g/mol. The maximum atomic E-state index is 4.12. The molecule has 0 amide bonds. The summed E-state index contributed by atoms with van der Waals surface area (Å²) in [6.07, 6.45) is 1.18. The van der Waals surface area contributed by atoms with Crippen LogP contribution in [0, 0.1) is 0 Å². The molecule has 0 spiro atoms. The minimum atomic E-state index is 0.491. The first-order valence-electron chi connectivity index (χ1n) is 5.20. The number of anilines is 1. The van der Waals surface area contributed by atoms with Crippen LogP contribution in [0.4, 0.5) is 5.69 Å². The summed E-state index contributed by atoms with van der Waals surface area (Å²) < 4.78 is 0. The van der Waals surface area contributed by atoms with Gasteiger partial charge in [0.05, 0.1) is 17.8 Å². The third kappa shape index (κ3) is 1.50. The van der Waals surface area contributed by atoms with Crippen LogP contribution in [0.3, 0.4) is 0 Å². The van der Waals surface area contributed by atoms with Gasteiger partial charge in [0.15, 0.2) is 0 Å². The molecule has 1 aliphatic carbocycles. The Balaban J connectivity index is 0.000000354. The molecule has 1 aromatic rings. The Labute approximate surface area is 84.4 Å². The predicted octanol–water partition coefficient (Wildman–Crippen LogP) is 3.04. The summed E-state index contributed by atoms with van der Waals surface area (Å²) in [5, 5.41) is 10.2. The summed E-state index contributed by atoms with van der Waals surface area (Å²) >= 11 is 0. The van der Waals surface area contributed by atoms with Gasteiger partial charge in [0, 0.05) is 0 Å². The van der Waals surface area contributed by atoms with E-state index in [2.05, 4.69) is 22.5 Å². The largest absolute Gasteiger partial charge is 0.242 e. The molecular formula is C11H15N3. The molecule has 3 rings (SSSR count). The summed E-state index contributed by atoms with van der Waals surface area (Å²) in [4.78, 5) is 0. The highest BCUT2D eigenvalue weighted by molar-refractivity contribution is 5.49. The first-order chi connectivity index (χ1) is 6.95. The predicted molar refractivity (Wildman–Crippen MR) is 57.3 cm³/mol. The molecule has 1 heterocycles. The lowest BCUT2D eigenvalue weighted by Crippen LogP contribution is -2.16. The summed E-state index contributed by atoms with van der Waals surface area (Å²) in [6, 6.07) is 11.3. The SMILES string of the molecule is CC.c1ccc(N2N=NC3CC32)cc1. The van der Waals surface area contributed by atoms with E-state index >= 15 is 0 Å². The van der Waals surface area contributed by atoms with Crippen LogP contribution < -0.4 is 5.01 Å². The quantitative estimate of drug-likeness (QED) is 0.667. The Morgan fingerprint density at radius 1 is 1.21 bits per heavy atom. The van der Waals surface area contributed by atoms with Gasteiger partial charge in [0.2, 0.25) is 0 Å². The van der Waals surface area contributed by atoms with E-state index in [-0.39, 0.29) is 0 Å². The second-order valence-electron chi connectivity index (χ2n) is 3.26. The van der Waals surface area contributed by atoms with Crippen molar-refractivity contribution in [1.82, 2.24) is 0 Å². The second-order valence-corrected chi connectivity index (χ2v) is 3.26. The number of fused-ring (bicyclic) bond motifs is 1. The van der Waals surface area contributed by atoms with Gasteiger partial charge >= 0.3 is 0 Å². The lowest BCUT2D eigenvalue weighted by atomic mass is 10.3. The van der Waals surface area contributed by atoms with Crippen LogP contribution in [0.2, 0.25) is 0 Å². The van der Waals surface area contributed by atoms with Gasteiger partial charge in [-0.3, -0.25) is 0 Å². The van der Waals surface area contributed by atoms with Crippen molar-refractivity contribution in [2.45, 2.75) is 32.4 Å². The Bertz CT molecular complexity index is 321. The molecule has 0 N–H and O–H groups in total. The van der Waals surface area contributed by atoms with E-state index in [0.29, 0.717) is 12.1 Å². The van der Waals surface area contributed by atoms with E-state index in [1.807, 2.05) is 37.1 Å². The highest BCUT2D eigenvalue weighted by Gasteiger charge is 2.47. The van der Waals surface area contributed by atoms with Crippen molar-refractivity contribution in [2.24, 2.45) is 10.3 Å². The molecule has 0 aromatic heterocycles. The summed E-state index contributed by atoms with van der Waals surface area (Å²) in [7, 11) is 0. The van der Waals surface area contributed by atoms with Crippen LogP contribution in [0.25, 0.3) is 0 Å². The van der Waals surface area contributed by atoms with E-state index in [4.69, 9.17) is 0 Å². The third-order valence-electron chi connectivity index (χ3n) is 2.36. The molecule has 74 valence electrons. The van der Waals surface area contributed by atoms with Crippen molar-refractivity contribution in [3.05, 3.63) is 30.3 Å². The molecule has 1 aromatic carbocycles. The number of para-hydroxylation sites is 1. The minimum absolute atomic E-state index is 0.491. The van der Waals surface area contributed by atoms with E-state index < -0.39 is 0 Å². The number of nitrogens with zero attached hydrogens (tertiary/aromatic N) is 3. The van der Waals surface area contributed by atoms with Gasteiger partial charge in [0.1, 0.15) is 0 Å². The standard InChI is InChI=1S/C9H9N3.C2H6/c1-2-4-7(5-3-1)12-9-6-8(9)10-11-12;1-2/h1-5,8-9H,6H2;1-2H3. The second kappa shape index (κ2) is 3.78. The Hall–Kier alpha value is -1.38. The zero-order chi connectivity index (χ0) is 9.97.